The summed E-state index contributed by atoms with van der Waals surface area (Å²) in [4.78, 5) is 36.1. The molecule has 3 aliphatic rings. The smallest absolute Gasteiger partial charge is 0.253 e. The van der Waals surface area contributed by atoms with Crippen LogP contribution in [-0.2, 0) is 4.79 Å². The third kappa shape index (κ3) is 5.58. The third-order valence-electron chi connectivity index (χ3n) is 8.77. The number of likely N-dealkylation sites (tertiary alicyclic amines) is 1. The summed E-state index contributed by atoms with van der Waals surface area (Å²) in [6.45, 7) is 8.62. The molecule has 0 atom stereocenters. The molecule has 2 amide bonds. The molecule has 3 N–H and O–H groups in total. The van der Waals surface area contributed by atoms with Crippen molar-refractivity contribution in [3.63, 3.8) is 0 Å². The molecule has 0 unspecified atom stereocenters. The molecular weight excluding hydrogens is 534 g/mol. The molecule has 0 saturated carbocycles. The zero-order valence-corrected chi connectivity index (χ0v) is 24.7. The first-order valence-corrected chi connectivity index (χ1v) is 15.2. The van der Waals surface area contributed by atoms with Crippen LogP contribution >= 0.6 is 11.9 Å². The molecule has 214 valence electrons. The zero-order chi connectivity index (χ0) is 28.8. The monoisotopic (exact) mass is 571 g/mol. The van der Waals surface area contributed by atoms with Gasteiger partial charge in [-0.15, -0.1) is 0 Å². The highest BCUT2D eigenvalue weighted by Crippen LogP contribution is 2.34. The Morgan fingerprint density at radius 2 is 1.73 bits per heavy atom. The van der Waals surface area contributed by atoms with E-state index < -0.39 is 11.1 Å². The molecule has 1 spiro atoms. The standard InChI is InChI=1S/C32H37N5O3S/c1-21-18-25(29(38)36-13-8-31(3,40)9-14-36)19-22(2)26(21)7-17-41-37-15-10-32(11-16-37)30(39)34-28(35-32)24-5-4-23-6-12-33-27(23)20-24/h4-7,12,17-20,33,40H,8-11,13-16H2,1-3H3,(H,34,35,39)/b17-7+. The normalized spacial score (nSPS) is 20.6. The summed E-state index contributed by atoms with van der Waals surface area (Å²) >= 11 is 1.66. The van der Waals surface area contributed by atoms with Gasteiger partial charge in [0.05, 0.1) is 5.60 Å². The number of piperidine rings is 2. The van der Waals surface area contributed by atoms with Crippen molar-refractivity contribution in [3.05, 3.63) is 75.8 Å². The molecule has 2 saturated heterocycles. The van der Waals surface area contributed by atoms with E-state index in [9.17, 15) is 14.7 Å². The number of nitrogens with one attached hydrogen (secondary N) is 2. The fourth-order valence-electron chi connectivity index (χ4n) is 6.07. The number of aromatic amines is 1. The largest absolute Gasteiger partial charge is 0.390 e. The lowest BCUT2D eigenvalue weighted by molar-refractivity contribution is -0.124. The first-order chi connectivity index (χ1) is 19.6. The van der Waals surface area contributed by atoms with E-state index in [0.717, 1.165) is 46.2 Å². The average molecular weight is 572 g/mol. The van der Waals surface area contributed by atoms with E-state index in [1.165, 1.54) is 0 Å². The highest BCUT2D eigenvalue weighted by atomic mass is 32.2. The summed E-state index contributed by atoms with van der Waals surface area (Å²) in [5.41, 5.74) is 4.53. The molecule has 3 aromatic rings. The Kier molecular flexibility index (Phi) is 7.30. The van der Waals surface area contributed by atoms with Gasteiger partial charge in [0.2, 0.25) is 0 Å². The molecule has 0 radical (unpaired) electrons. The lowest BCUT2D eigenvalue weighted by Gasteiger charge is -2.36. The van der Waals surface area contributed by atoms with Gasteiger partial charge in [-0.1, -0.05) is 24.1 Å². The minimum absolute atomic E-state index is 0.00454. The first-order valence-electron chi connectivity index (χ1n) is 14.3. The van der Waals surface area contributed by atoms with Crippen LogP contribution in [0, 0.1) is 13.8 Å². The van der Waals surface area contributed by atoms with Crippen LogP contribution in [0.25, 0.3) is 17.0 Å². The van der Waals surface area contributed by atoms with Crippen LogP contribution < -0.4 is 5.32 Å². The maximum Gasteiger partial charge on any atom is 0.253 e. The van der Waals surface area contributed by atoms with Crippen LogP contribution in [0.3, 0.4) is 0 Å². The van der Waals surface area contributed by atoms with Crippen molar-refractivity contribution >= 4 is 46.6 Å². The predicted molar refractivity (Wildman–Crippen MR) is 165 cm³/mol. The van der Waals surface area contributed by atoms with Crippen LogP contribution in [-0.4, -0.2) is 74.3 Å². The maximum atomic E-state index is 13.1. The molecule has 1 aromatic heterocycles. The van der Waals surface area contributed by atoms with Crippen LogP contribution in [0.15, 0.2) is 53.0 Å². The number of aliphatic hydroxyl groups is 1. The van der Waals surface area contributed by atoms with Crippen LogP contribution in [0.5, 0.6) is 0 Å². The number of fused-ring (bicyclic) bond motifs is 1. The summed E-state index contributed by atoms with van der Waals surface area (Å²) in [5.74, 6) is 0.688. The van der Waals surface area contributed by atoms with Crippen molar-refractivity contribution in [3.8, 4) is 0 Å². The lowest BCUT2D eigenvalue weighted by atomic mass is 9.89. The van der Waals surface area contributed by atoms with Gasteiger partial charge in [-0.2, -0.15) is 0 Å². The van der Waals surface area contributed by atoms with Crippen molar-refractivity contribution in [1.29, 1.82) is 0 Å². The second-order valence-corrected chi connectivity index (χ2v) is 12.9. The van der Waals surface area contributed by atoms with Gasteiger partial charge in [0.15, 0.2) is 0 Å². The molecule has 3 aliphatic heterocycles. The molecule has 6 rings (SSSR count). The Morgan fingerprint density at radius 1 is 1.02 bits per heavy atom. The Bertz CT molecular complexity index is 1530. The number of carbonyl (C=O) groups excluding carboxylic acids is 2. The van der Waals surface area contributed by atoms with Crippen molar-refractivity contribution in [2.24, 2.45) is 4.99 Å². The van der Waals surface area contributed by atoms with E-state index in [2.05, 4.69) is 26.1 Å². The number of H-pyrrole nitrogens is 1. The number of benzene rings is 2. The maximum absolute atomic E-state index is 13.1. The number of amidine groups is 1. The number of nitrogens with zero attached hydrogens (tertiary/aromatic N) is 3. The van der Waals surface area contributed by atoms with E-state index in [-0.39, 0.29) is 11.8 Å². The van der Waals surface area contributed by atoms with E-state index in [4.69, 9.17) is 4.99 Å². The van der Waals surface area contributed by atoms with Gasteiger partial charge in [0.25, 0.3) is 11.8 Å². The molecule has 4 heterocycles. The Hall–Kier alpha value is -3.40. The molecule has 8 nitrogen and oxygen atoms in total. The number of hydrogen-bond donors (Lipinski definition) is 3. The van der Waals surface area contributed by atoms with Gasteiger partial charge >= 0.3 is 0 Å². The number of rotatable bonds is 5. The topological polar surface area (TPSA) is 101 Å². The minimum Gasteiger partial charge on any atom is -0.390 e. The number of aliphatic imine (C=N–C) groups is 1. The number of aromatic nitrogens is 1. The fourth-order valence-corrected chi connectivity index (χ4v) is 6.83. The zero-order valence-electron chi connectivity index (χ0n) is 23.9. The van der Waals surface area contributed by atoms with Gasteiger partial charge < -0.3 is 20.3 Å². The Morgan fingerprint density at radius 3 is 2.44 bits per heavy atom. The van der Waals surface area contributed by atoms with Gasteiger partial charge in [-0.3, -0.25) is 14.6 Å². The number of aryl methyl sites for hydroxylation is 2. The van der Waals surface area contributed by atoms with Crippen LogP contribution in [0.4, 0.5) is 0 Å². The summed E-state index contributed by atoms with van der Waals surface area (Å²) in [7, 11) is 0. The summed E-state index contributed by atoms with van der Waals surface area (Å²) < 4.78 is 2.28. The SMILES string of the molecule is Cc1cc(C(=O)N2CCC(C)(O)CC2)cc(C)c1/C=C/SN1CCC2(CC1)N=C(c1ccc3cc[nH]c3c1)NC2=O. The molecule has 9 heteroatoms. The van der Waals surface area contributed by atoms with Crippen molar-refractivity contribution in [1.82, 2.24) is 19.5 Å². The molecule has 2 aromatic carbocycles. The molecule has 0 bridgehead atoms. The highest BCUT2D eigenvalue weighted by molar-refractivity contribution is 8.00. The van der Waals surface area contributed by atoms with Gasteiger partial charge in [-0.25, -0.2) is 4.31 Å². The van der Waals surface area contributed by atoms with E-state index >= 15 is 0 Å². The number of carbonyl (C=O) groups is 2. The van der Waals surface area contributed by atoms with E-state index in [0.29, 0.717) is 50.2 Å². The lowest BCUT2D eigenvalue weighted by Crippen LogP contribution is -2.47. The predicted octanol–water partition coefficient (Wildman–Crippen LogP) is 4.80. The van der Waals surface area contributed by atoms with Crippen molar-refractivity contribution < 1.29 is 14.7 Å². The Balaban J connectivity index is 1.06. The Labute approximate surface area is 245 Å². The number of amides is 2. The first kappa shape index (κ1) is 27.8. The summed E-state index contributed by atoms with van der Waals surface area (Å²) in [5, 5.41) is 16.5. The van der Waals surface area contributed by atoms with Crippen molar-refractivity contribution in [2.75, 3.05) is 26.2 Å². The number of hydrogen-bond acceptors (Lipinski definition) is 6. The average Bonchev–Trinajstić information content (AvgIpc) is 3.54. The highest BCUT2D eigenvalue weighted by Gasteiger charge is 2.46. The third-order valence-corrected chi connectivity index (χ3v) is 9.69. The molecule has 0 aliphatic carbocycles. The molecule has 41 heavy (non-hydrogen) atoms. The van der Waals surface area contributed by atoms with Gasteiger partial charge in [0.1, 0.15) is 11.4 Å². The van der Waals surface area contributed by atoms with E-state index in [1.807, 2.05) is 68.3 Å². The summed E-state index contributed by atoms with van der Waals surface area (Å²) in [6.07, 6.45) is 6.59. The second-order valence-electron chi connectivity index (χ2n) is 11.9. The van der Waals surface area contributed by atoms with Crippen LogP contribution in [0.1, 0.15) is 65.2 Å². The van der Waals surface area contributed by atoms with E-state index in [1.54, 1.807) is 11.9 Å². The quantitative estimate of drug-likeness (QED) is 0.382. The van der Waals surface area contributed by atoms with Crippen molar-refractivity contribution in [2.45, 2.75) is 57.6 Å². The minimum atomic E-state index is -0.694. The van der Waals surface area contributed by atoms with Gasteiger partial charge in [0, 0.05) is 49.0 Å². The fraction of sp³-hybridized carbons (Fsp3) is 0.406. The van der Waals surface area contributed by atoms with Crippen LogP contribution in [0.2, 0.25) is 0 Å². The molecular formula is C32H37N5O3S. The molecule has 2 fully saturated rings. The second kappa shape index (κ2) is 10.8. The summed E-state index contributed by atoms with van der Waals surface area (Å²) in [6, 6.07) is 12.1. The van der Waals surface area contributed by atoms with Gasteiger partial charge in [-0.05, 0) is 104 Å².